The summed E-state index contributed by atoms with van der Waals surface area (Å²) in [5.41, 5.74) is -0.268. The highest BCUT2D eigenvalue weighted by molar-refractivity contribution is 6.35. The number of esters is 1. The van der Waals surface area contributed by atoms with Gasteiger partial charge in [0.05, 0.1) is 17.1 Å². The van der Waals surface area contributed by atoms with Gasteiger partial charge in [-0.2, -0.15) is 0 Å². The van der Waals surface area contributed by atoms with E-state index in [1.54, 1.807) is 30.3 Å². The molecule has 0 unspecified atom stereocenters. The Balaban J connectivity index is 1.85. The number of nitro groups is 1. The molecule has 0 radical (unpaired) electrons. The van der Waals surface area contributed by atoms with E-state index < -0.39 is 10.9 Å². The van der Waals surface area contributed by atoms with Crippen molar-refractivity contribution in [1.29, 1.82) is 0 Å². The monoisotopic (exact) mass is 463 g/mol. The minimum Gasteiger partial charge on any atom is -0.482 e. The van der Waals surface area contributed by atoms with Crippen molar-refractivity contribution < 1.29 is 28.7 Å². The smallest absolute Gasteiger partial charge is 0.343 e. The van der Waals surface area contributed by atoms with Crippen molar-refractivity contribution in [3.63, 3.8) is 0 Å². The molecule has 0 saturated heterocycles. The van der Waals surface area contributed by atoms with Crippen LogP contribution in [0.3, 0.4) is 0 Å². The van der Waals surface area contributed by atoms with Crippen LogP contribution in [-0.4, -0.2) is 24.6 Å². The normalized spacial score (nSPS) is 10.3. The Hall–Kier alpha value is -3.49. The highest BCUT2D eigenvalue weighted by Gasteiger charge is 2.18. The van der Waals surface area contributed by atoms with E-state index in [1.807, 2.05) is 0 Å². The lowest BCUT2D eigenvalue weighted by Gasteiger charge is -2.11. The summed E-state index contributed by atoms with van der Waals surface area (Å²) in [6, 6.07) is 15.0. The van der Waals surface area contributed by atoms with E-state index in [-0.39, 0.29) is 34.6 Å². The van der Waals surface area contributed by atoms with E-state index in [0.29, 0.717) is 16.5 Å². The van der Waals surface area contributed by atoms with Crippen molar-refractivity contribution in [1.82, 2.24) is 0 Å². The molecule has 0 N–H and O–H groups in total. The van der Waals surface area contributed by atoms with E-state index in [2.05, 4.69) is 4.74 Å². The van der Waals surface area contributed by atoms with Crippen LogP contribution >= 0.6 is 23.2 Å². The maximum absolute atomic E-state index is 11.4. The van der Waals surface area contributed by atoms with E-state index >= 15 is 0 Å². The lowest BCUT2D eigenvalue weighted by atomic mass is 10.2. The van der Waals surface area contributed by atoms with Gasteiger partial charge < -0.3 is 18.9 Å². The van der Waals surface area contributed by atoms with Gasteiger partial charge in [0.2, 0.25) is 5.75 Å². The third-order valence-electron chi connectivity index (χ3n) is 3.87. The molecule has 160 valence electrons. The van der Waals surface area contributed by atoms with Crippen LogP contribution in [0.2, 0.25) is 10.0 Å². The maximum atomic E-state index is 11.4. The standard InChI is InChI=1S/C21H15Cl2NO7/c1-28-21(25)12-29-14-3-2-4-15(10-14)31-20-11-16(6-7-18(20)24(26)27)30-19-8-5-13(22)9-17(19)23/h2-11H,12H2,1H3. The number of rotatable bonds is 8. The molecule has 31 heavy (non-hydrogen) atoms. The molecule has 0 atom stereocenters. The van der Waals surface area contributed by atoms with Crippen molar-refractivity contribution in [3.05, 3.63) is 80.8 Å². The summed E-state index contributed by atoms with van der Waals surface area (Å²) in [4.78, 5) is 22.1. The topological polar surface area (TPSA) is 97.1 Å². The van der Waals surface area contributed by atoms with E-state index in [1.165, 1.54) is 37.4 Å². The van der Waals surface area contributed by atoms with Gasteiger partial charge in [-0.1, -0.05) is 29.3 Å². The molecule has 0 aromatic heterocycles. The van der Waals surface area contributed by atoms with Crippen molar-refractivity contribution in [2.45, 2.75) is 0 Å². The van der Waals surface area contributed by atoms with Gasteiger partial charge in [0.1, 0.15) is 23.0 Å². The zero-order valence-electron chi connectivity index (χ0n) is 16.0. The fourth-order valence-corrected chi connectivity index (χ4v) is 2.88. The van der Waals surface area contributed by atoms with E-state index in [0.717, 1.165) is 0 Å². The number of halogens is 2. The van der Waals surface area contributed by atoms with Crippen LogP contribution in [0, 0.1) is 10.1 Å². The summed E-state index contributed by atoms with van der Waals surface area (Å²) in [6.07, 6.45) is 0. The summed E-state index contributed by atoms with van der Waals surface area (Å²) in [5.74, 6) is 0.565. The Morgan fingerprint density at radius 3 is 2.35 bits per heavy atom. The zero-order chi connectivity index (χ0) is 22.4. The second-order valence-electron chi connectivity index (χ2n) is 6.01. The first-order valence-electron chi connectivity index (χ1n) is 8.74. The summed E-state index contributed by atoms with van der Waals surface area (Å²) >= 11 is 12.0. The Morgan fingerprint density at radius 2 is 1.65 bits per heavy atom. The first-order valence-corrected chi connectivity index (χ1v) is 9.50. The van der Waals surface area contributed by atoms with Crippen LogP contribution < -0.4 is 14.2 Å². The highest BCUT2D eigenvalue weighted by atomic mass is 35.5. The van der Waals surface area contributed by atoms with Gasteiger partial charge in [-0.15, -0.1) is 0 Å². The summed E-state index contributed by atoms with van der Waals surface area (Å²) in [6.45, 7) is -0.286. The predicted octanol–water partition coefficient (Wildman–Crippen LogP) is 6.04. The van der Waals surface area contributed by atoms with Gasteiger partial charge in [0, 0.05) is 23.2 Å². The van der Waals surface area contributed by atoms with Crippen LogP contribution in [0.15, 0.2) is 60.7 Å². The van der Waals surface area contributed by atoms with Gasteiger partial charge in [0.25, 0.3) is 0 Å². The molecule has 8 nitrogen and oxygen atoms in total. The molecule has 3 aromatic rings. The Bertz CT molecular complexity index is 1120. The molecule has 0 amide bonds. The predicted molar refractivity (Wildman–Crippen MR) is 114 cm³/mol. The number of methoxy groups -OCH3 is 1. The van der Waals surface area contributed by atoms with Crippen LogP contribution in [0.4, 0.5) is 5.69 Å². The van der Waals surface area contributed by atoms with Gasteiger partial charge in [0.15, 0.2) is 6.61 Å². The Morgan fingerprint density at radius 1 is 0.935 bits per heavy atom. The molecule has 0 aliphatic heterocycles. The number of benzene rings is 3. The van der Waals surface area contributed by atoms with Crippen molar-refractivity contribution in [2.75, 3.05) is 13.7 Å². The SMILES string of the molecule is COC(=O)COc1cccc(Oc2cc(Oc3ccc(Cl)cc3Cl)ccc2[N+](=O)[O-])c1. The zero-order valence-corrected chi connectivity index (χ0v) is 17.6. The first kappa shape index (κ1) is 22.2. The summed E-state index contributed by atoms with van der Waals surface area (Å²) in [5, 5.41) is 12.1. The van der Waals surface area contributed by atoms with Gasteiger partial charge in [-0.05, 0) is 36.4 Å². The van der Waals surface area contributed by atoms with Crippen molar-refractivity contribution >= 4 is 34.9 Å². The number of hydrogen-bond donors (Lipinski definition) is 0. The van der Waals surface area contributed by atoms with Crippen LogP contribution in [0.5, 0.6) is 28.7 Å². The van der Waals surface area contributed by atoms with Crippen molar-refractivity contribution in [3.8, 4) is 28.7 Å². The largest absolute Gasteiger partial charge is 0.482 e. The quantitative estimate of drug-likeness (QED) is 0.228. The highest BCUT2D eigenvalue weighted by Crippen LogP contribution is 2.38. The van der Waals surface area contributed by atoms with E-state index in [4.69, 9.17) is 37.4 Å². The third kappa shape index (κ3) is 6.00. The lowest BCUT2D eigenvalue weighted by molar-refractivity contribution is -0.385. The van der Waals surface area contributed by atoms with E-state index in [9.17, 15) is 14.9 Å². The average molecular weight is 464 g/mol. The average Bonchev–Trinajstić information content (AvgIpc) is 2.74. The van der Waals surface area contributed by atoms with Crippen molar-refractivity contribution in [2.24, 2.45) is 0 Å². The fraction of sp³-hybridized carbons (Fsp3) is 0.0952. The Labute approximate surface area is 187 Å². The molecule has 0 aliphatic carbocycles. The summed E-state index contributed by atoms with van der Waals surface area (Å²) < 4.78 is 21.2. The number of nitrogens with zero attached hydrogens (tertiary/aromatic N) is 1. The molecule has 0 bridgehead atoms. The fourth-order valence-electron chi connectivity index (χ4n) is 2.43. The molecule has 0 heterocycles. The molecule has 10 heteroatoms. The minimum absolute atomic E-state index is 0.0577. The number of ether oxygens (including phenoxy) is 4. The lowest BCUT2D eigenvalue weighted by Crippen LogP contribution is -2.12. The van der Waals surface area contributed by atoms with Gasteiger partial charge in [-0.3, -0.25) is 10.1 Å². The number of carbonyl (C=O) groups is 1. The third-order valence-corrected chi connectivity index (χ3v) is 4.40. The number of hydrogen-bond acceptors (Lipinski definition) is 7. The van der Waals surface area contributed by atoms with Gasteiger partial charge in [-0.25, -0.2) is 4.79 Å². The second kappa shape index (κ2) is 10.0. The number of nitro benzene ring substituents is 1. The van der Waals surface area contributed by atoms with Crippen LogP contribution in [0.1, 0.15) is 0 Å². The maximum Gasteiger partial charge on any atom is 0.343 e. The second-order valence-corrected chi connectivity index (χ2v) is 6.85. The molecule has 3 aromatic carbocycles. The molecular weight excluding hydrogens is 449 g/mol. The number of carbonyl (C=O) groups excluding carboxylic acids is 1. The summed E-state index contributed by atoms with van der Waals surface area (Å²) in [7, 11) is 1.25. The molecule has 3 rings (SSSR count). The molecule has 0 saturated carbocycles. The molecule has 0 aliphatic rings. The minimum atomic E-state index is -0.577. The Kier molecular flexibility index (Phi) is 7.17. The van der Waals surface area contributed by atoms with Crippen LogP contribution in [0.25, 0.3) is 0 Å². The first-order chi connectivity index (χ1) is 14.9. The molecular formula is C21H15Cl2NO7. The molecule has 0 spiro atoms. The van der Waals surface area contributed by atoms with Crippen LogP contribution in [-0.2, 0) is 9.53 Å². The van der Waals surface area contributed by atoms with Gasteiger partial charge >= 0.3 is 11.7 Å². The molecule has 0 fully saturated rings.